The first-order chi connectivity index (χ1) is 12.2. The molecule has 1 atom stereocenters. The van der Waals surface area contributed by atoms with Crippen molar-refractivity contribution in [2.75, 3.05) is 13.1 Å². The van der Waals surface area contributed by atoms with Gasteiger partial charge in [-0.15, -0.1) is 0 Å². The van der Waals surface area contributed by atoms with E-state index < -0.39 is 0 Å². The minimum Gasteiger partial charge on any atom is -0.333 e. The van der Waals surface area contributed by atoms with E-state index in [1.807, 2.05) is 47.4 Å². The number of amides is 1. The van der Waals surface area contributed by atoms with Crippen LogP contribution in [0, 0.1) is 0 Å². The lowest BCUT2D eigenvalue weighted by Crippen LogP contribution is -2.41. The number of aromatic nitrogens is 1. The van der Waals surface area contributed by atoms with Gasteiger partial charge in [0.2, 0.25) is 5.91 Å². The lowest BCUT2D eigenvalue weighted by Gasteiger charge is -2.31. The number of pyridine rings is 1. The van der Waals surface area contributed by atoms with Crippen molar-refractivity contribution in [3.63, 3.8) is 0 Å². The molecule has 1 aromatic carbocycles. The zero-order valence-electron chi connectivity index (χ0n) is 14.3. The summed E-state index contributed by atoms with van der Waals surface area (Å²) in [5, 5.41) is 4.11. The second kappa shape index (κ2) is 8.97. The van der Waals surface area contributed by atoms with Crippen molar-refractivity contribution in [1.82, 2.24) is 15.2 Å². The van der Waals surface area contributed by atoms with Gasteiger partial charge in [-0.2, -0.15) is 0 Å². The van der Waals surface area contributed by atoms with Crippen molar-refractivity contribution < 1.29 is 4.79 Å². The Bertz CT molecular complexity index is 667. The van der Waals surface area contributed by atoms with E-state index in [4.69, 9.17) is 11.6 Å². The monoisotopic (exact) mass is 357 g/mol. The fourth-order valence-electron chi connectivity index (χ4n) is 3.28. The van der Waals surface area contributed by atoms with E-state index >= 15 is 0 Å². The van der Waals surface area contributed by atoms with Crippen LogP contribution in [0.2, 0.25) is 5.02 Å². The fourth-order valence-corrected chi connectivity index (χ4v) is 3.40. The first kappa shape index (κ1) is 17.9. The largest absolute Gasteiger partial charge is 0.333 e. The SMILES string of the molecule is O=C(Cc1ccc(Cl)cc1)N(Cc1ccccn1)C1CCCNCC1. The Morgan fingerprint density at radius 1 is 1.16 bits per heavy atom. The van der Waals surface area contributed by atoms with E-state index in [0.717, 1.165) is 43.6 Å². The lowest BCUT2D eigenvalue weighted by molar-refractivity contribution is -0.133. The summed E-state index contributed by atoms with van der Waals surface area (Å²) >= 11 is 5.95. The van der Waals surface area contributed by atoms with Crippen molar-refractivity contribution in [1.29, 1.82) is 0 Å². The van der Waals surface area contributed by atoms with Gasteiger partial charge in [-0.25, -0.2) is 0 Å². The molecular formula is C20H24ClN3O. The Hall–Kier alpha value is -1.91. The zero-order valence-corrected chi connectivity index (χ0v) is 15.1. The Balaban J connectivity index is 1.76. The second-order valence-electron chi connectivity index (χ2n) is 6.48. The van der Waals surface area contributed by atoms with Crippen LogP contribution in [0.25, 0.3) is 0 Å². The van der Waals surface area contributed by atoms with Crippen LogP contribution < -0.4 is 5.32 Å². The number of halogens is 1. The van der Waals surface area contributed by atoms with Crippen LogP contribution in [-0.4, -0.2) is 34.9 Å². The molecule has 1 aliphatic heterocycles. The molecule has 0 bridgehead atoms. The first-order valence-electron chi connectivity index (χ1n) is 8.87. The molecule has 5 heteroatoms. The van der Waals surface area contributed by atoms with Crippen LogP contribution >= 0.6 is 11.6 Å². The third kappa shape index (κ3) is 5.28. The van der Waals surface area contributed by atoms with E-state index in [2.05, 4.69) is 10.3 Å². The Labute approximate surface area is 154 Å². The average molecular weight is 358 g/mol. The summed E-state index contributed by atoms with van der Waals surface area (Å²) < 4.78 is 0. The molecule has 1 saturated heterocycles. The maximum absolute atomic E-state index is 13.1. The van der Waals surface area contributed by atoms with E-state index in [9.17, 15) is 4.79 Å². The van der Waals surface area contributed by atoms with Gasteiger partial charge in [0.1, 0.15) is 0 Å². The van der Waals surface area contributed by atoms with Crippen LogP contribution in [0.3, 0.4) is 0 Å². The highest BCUT2D eigenvalue weighted by Gasteiger charge is 2.25. The van der Waals surface area contributed by atoms with Gasteiger partial charge in [-0.1, -0.05) is 29.8 Å². The number of hydrogen-bond donors (Lipinski definition) is 1. The summed E-state index contributed by atoms with van der Waals surface area (Å²) in [6, 6.07) is 13.6. The summed E-state index contributed by atoms with van der Waals surface area (Å²) in [7, 11) is 0. The molecule has 3 rings (SSSR count). The van der Waals surface area contributed by atoms with Crippen LogP contribution in [0.15, 0.2) is 48.7 Å². The zero-order chi connectivity index (χ0) is 17.5. The molecule has 2 heterocycles. The number of benzene rings is 1. The van der Waals surface area contributed by atoms with Gasteiger partial charge in [0, 0.05) is 17.3 Å². The molecule has 1 fully saturated rings. The number of hydrogen-bond acceptors (Lipinski definition) is 3. The Morgan fingerprint density at radius 3 is 2.76 bits per heavy atom. The van der Waals surface area contributed by atoms with E-state index in [0.29, 0.717) is 18.0 Å². The van der Waals surface area contributed by atoms with Gasteiger partial charge < -0.3 is 10.2 Å². The standard InChI is InChI=1S/C20H24ClN3O/c21-17-8-6-16(7-9-17)14-20(25)24(15-18-4-1-2-12-23-18)19-5-3-11-22-13-10-19/h1-2,4,6-9,12,19,22H,3,5,10-11,13-15H2. The van der Waals surface area contributed by atoms with Crippen LogP contribution in [0.4, 0.5) is 0 Å². The highest BCUT2D eigenvalue weighted by molar-refractivity contribution is 6.30. The number of rotatable bonds is 5. The topological polar surface area (TPSA) is 45.2 Å². The molecule has 0 saturated carbocycles. The molecule has 1 unspecified atom stereocenters. The van der Waals surface area contributed by atoms with Gasteiger partial charge in [0.25, 0.3) is 0 Å². The van der Waals surface area contributed by atoms with Crippen molar-refractivity contribution in [2.24, 2.45) is 0 Å². The highest BCUT2D eigenvalue weighted by Crippen LogP contribution is 2.19. The summed E-state index contributed by atoms with van der Waals surface area (Å²) in [4.78, 5) is 19.5. The second-order valence-corrected chi connectivity index (χ2v) is 6.92. The minimum atomic E-state index is 0.153. The average Bonchev–Trinajstić information content (AvgIpc) is 2.92. The smallest absolute Gasteiger partial charge is 0.227 e. The lowest BCUT2D eigenvalue weighted by atomic mass is 10.0. The molecule has 0 aliphatic carbocycles. The van der Waals surface area contributed by atoms with E-state index in [1.165, 1.54) is 0 Å². The third-order valence-electron chi connectivity index (χ3n) is 4.63. The predicted molar refractivity (Wildman–Crippen MR) is 100 cm³/mol. The van der Waals surface area contributed by atoms with Gasteiger partial charge in [-0.3, -0.25) is 9.78 Å². The van der Waals surface area contributed by atoms with Crippen molar-refractivity contribution in [3.05, 3.63) is 64.9 Å². The molecule has 4 nitrogen and oxygen atoms in total. The molecule has 0 spiro atoms. The number of nitrogens with one attached hydrogen (secondary N) is 1. The number of carbonyl (C=O) groups is 1. The first-order valence-corrected chi connectivity index (χ1v) is 9.25. The van der Waals surface area contributed by atoms with Gasteiger partial charge in [0.15, 0.2) is 0 Å². The predicted octanol–water partition coefficient (Wildman–Crippen LogP) is 3.45. The molecule has 1 aliphatic rings. The molecule has 2 aromatic rings. The highest BCUT2D eigenvalue weighted by atomic mass is 35.5. The Morgan fingerprint density at radius 2 is 2.00 bits per heavy atom. The summed E-state index contributed by atoms with van der Waals surface area (Å²) in [6.07, 6.45) is 5.29. The van der Waals surface area contributed by atoms with Crippen LogP contribution in [0.5, 0.6) is 0 Å². The number of carbonyl (C=O) groups excluding carboxylic acids is 1. The van der Waals surface area contributed by atoms with Gasteiger partial charge in [0.05, 0.1) is 18.7 Å². The van der Waals surface area contributed by atoms with Gasteiger partial charge >= 0.3 is 0 Å². The molecule has 0 radical (unpaired) electrons. The van der Waals surface area contributed by atoms with E-state index in [1.54, 1.807) is 6.20 Å². The normalized spacial score (nSPS) is 17.7. The van der Waals surface area contributed by atoms with Crippen molar-refractivity contribution in [2.45, 2.75) is 38.3 Å². The van der Waals surface area contributed by atoms with Crippen LogP contribution in [0.1, 0.15) is 30.5 Å². The van der Waals surface area contributed by atoms with Crippen molar-refractivity contribution in [3.8, 4) is 0 Å². The number of nitrogens with zero attached hydrogens (tertiary/aromatic N) is 2. The fraction of sp³-hybridized carbons (Fsp3) is 0.400. The molecule has 1 aromatic heterocycles. The molecular weight excluding hydrogens is 334 g/mol. The quantitative estimate of drug-likeness (QED) is 0.891. The summed E-state index contributed by atoms with van der Waals surface area (Å²) in [5.74, 6) is 0.153. The minimum absolute atomic E-state index is 0.153. The maximum Gasteiger partial charge on any atom is 0.227 e. The van der Waals surface area contributed by atoms with Crippen LogP contribution in [-0.2, 0) is 17.8 Å². The van der Waals surface area contributed by atoms with Crippen molar-refractivity contribution >= 4 is 17.5 Å². The summed E-state index contributed by atoms with van der Waals surface area (Å²) in [6.45, 7) is 2.55. The van der Waals surface area contributed by atoms with E-state index in [-0.39, 0.29) is 11.9 Å². The molecule has 132 valence electrons. The van der Waals surface area contributed by atoms with Gasteiger partial charge in [-0.05, 0) is 62.2 Å². The molecule has 25 heavy (non-hydrogen) atoms. The maximum atomic E-state index is 13.1. The molecule has 1 N–H and O–H groups in total. The summed E-state index contributed by atoms with van der Waals surface area (Å²) in [5.41, 5.74) is 1.93. The molecule has 1 amide bonds. The Kier molecular flexibility index (Phi) is 6.42. The third-order valence-corrected chi connectivity index (χ3v) is 4.89.